The van der Waals surface area contributed by atoms with Gasteiger partial charge in [0.05, 0.1) is 18.2 Å². The number of nitrogens with one attached hydrogen (secondary N) is 1. The number of fused-ring (bicyclic) bond motifs is 2. The summed E-state index contributed by atoms with van der Waals surface area (Å²) < 4.78 is 13.3. The van der Waals surface area contributed by atoms with Crippen molar-refractivity contribution in [2.75, 3.05) is 13.2 Å². The number of rotatable bonds is 6. The Morgan fingerprint density at radius 2 is 1.97 bits per heavy atom. The van der Waals surface area contributed by atoms with E-state index in [2.05, 4.69) is 12.2 Å². The van der Waals surface area contributed by atoms with Crippen molar-refractivity contribution in [3.63, 3.8) is 0 Å². The van der Waals surface area contributed by atoms with Gasteiger partial charge in [-0.2, -0.15) is 0 Å². The van der Waals surface area contributed by atoms with Crippen LogP contribution in [0, 0.1) is 0 Å². The molecule has 0 aliphatic carbocycles. The maximum atomic E-state index is 12.9. The highest BCUT2D eigenvalue weighted by atomic mass is 32.1. The van der Waals surface area contributed by atoms with Gasteiger partial charge in [0.1, 0.15) is 13.2 Å². The predicted octanol–water partition coefficient (Wildman–Crippen LogP) is 4.64. The van der Waals surface area contributed by atoms with E-state index in [9.17, 15) is 4.79 Å². The van der Waals surface area contributed by atoms with Gasteiger partial charge in [-0.25, -0.2) is 4.98 Å². The second-order valence-corrected chi connectivity index (χ2v) is 8.32. The Kier molecular flexibility index (Phi) is 5.34. The maximum Gasteiger partial charge on any atom is 0.226 e. The molecule has 2 aromatic carbocycles. The lowest BCUT2D eigenvalue weighted by atomic mass is 10.0. The fourth-order valence-corrected chi connectivity index (χ4v) is 4.69. The predicted molar refractivity (Wildman–Crippen MR) is 121 cm³/mol. The highest BCUT2D eigenvalue weighted by Gasteiger charge is 2.19. The lowest BCUT2D eigenvalue weighted by Gasteiger charge is -2.22. The number of benzene rings is 2. The molecule has 7 heteroatoms. The number of aromatic nitrogens is 2. The fraction of sp³-hybridized carbons (Fsp3) is 0.250. The number of hydrogen-bond acceptors (Lipinski definition) is 5. The van der Waals surface area contributed by atoms with Crippen molar-refractivity contribution in [1.82, 2.24) is 14.7 Å². The van der Waals surface area contributed by atoms with Crippen molar-refractivity contribution in [1.29, 1.82) is 0 Å². The van der Waals surface area contributed by atoms with E-state index in [1.165, 1.54) is 0 Å². The molecule has 0 bridgehead atoms. The molecule has 0 spiro atoms. The third-order valence-corrected chi connectivity index (χ3v) is 6.30. The van der Waals surface area contributed by atoms with Gasteiger partial charge in [-0.15, -0.1) is 11.3 Å². The van der Waals surface area contributed by atoms with Crippen LogP contribution in [0.4, 0.5) is 0 Å². The highest BCUT2D eigenvalue weighted by Crippen LogP contribution is 2.33. The summed E-state index contributed by atoms with van der Waals surface area (Å²) in [5, 5.41) is 5.17. The van der Waals surface area contributed by atoms with Crippen LogP contribution in [0.15, 0.2) is 60.1 Å². The van der Waals surface area contributed by atoms with Gasteiger partial charge in [0.2, 0.25) is 5.91 Å². The topological polar surface area (TPSA) is 64.9 Å². The molecule has 4 aromatic rings. The van der Waals surface area contributed by atoms with Gasteiger partial charge in [0.25, 0.3) is 0 Å². The van der Waals surface area contributed by atoms with E-state index in [4.69, 9.17) is 14.5 Å². The number of ether oxygens (including phenoxy) is 2. The Labute approximate surface area is 184 Å². The van der Waals surface area contributed by atoms with Gasteiger partial charge in [-0.1, -0.05) is 43.3 Å². The first-order valence-corrected chi connectivity index (χ1v) is 11.3. The Hall–Kier alpha value is -3.32. The summed E-state index contributed by atoms with van der Waals surface area (Å²) >= 11 is 1.55. The molecule has 0 radical (unpaired) electrons. The second-order valence-electron chi connectivity index (χ2n) is 7.48. The summed E-state index contributed by atoms with van der Waals surface area (Å²) in [5.74, 6) is 1.48. The van der Waals surface area contributed by atoms with Crippen molar-refractivity contribution < 1.29 is 14.3 Å². The first kappa shape index (κ1) is 19.6. The Morgan fingerprint density at radius 1 is 1.16 bits per heavy atom. The summed E-state index contributed by atoms with van der Waals surface area (Å²) in [6.07, 6.45) is 3.08. The summed E-state index contributed by atoms with van der Waals surface area (Å²) in [6.45, 7) is 3.17. The summed E-state index contributed by atoms with van der Waals surface area (Å²) in [6, 6.07) is 15.9. The molecule has 0 saturated carbocycles. The molecule has 1 atom stereocenters. The van der Waals surface area contributed by atoms with E-state index < -0.39 is 0 Å². The van der Waals surface area contributed by atoms with Gasteiger partial charge < -0.3 is 14.8 Å². The monoisotopic (exact) mass is 433 g/mol. The largest absolute Gasteiger partial charge is 0.486 e. The van der Waals surface area contributed by atoms with Gasteiger partial charge >= 0.3 is 0 Å². The van der Waals surface area contributed by atoms with E-state index in [1.807, 2.05) is 64.5 Å². The molecular weight excluding hydrogens is 410 g/mol. The van der Waals surface area contributed by atoms with E-state index in [-0.39, 0.29) is 11.9 Å². The summed E-state index contributed by atoms with van der Waals surface area (Å²) in [4.78, 5) is 18.5. The molecule has 1 N–H and O–H groups in total. The van der Waals surface area contributed by atoms with Gasteiger partial charge in [-0.3, -0.25) is 9.20 Å². The minimum absolute atomic E-state index is 0.0172. The molecule has 5 rings (SSSR count). The zero-order valence-electron chi connectivity index (χ0n) is 17.2. The highest BCUT2D eigenvalue weighted by molar-refractivity contribution is 7.15. The maximum absolute atomic E-state index is 12.9. The number of hydrogen-bond donors (Lipinski definition) is 1. The van der Waals surface area contributed by atoms with Crippen LogP contribution in [0.5, 0.6) is 11.5 Å². The molecule has 0 fully saturated rings. The SMILES string of the molecule is CCC(NC(=O)Cc1csc2nc(-c3ccccc3)cn12)c1ccc2c(c1)OCCO2. The van der Waals surface area contributed by atoms with Crippen LogP contribution in [0.3, 0.4) is 0 Å². The smallest absolute Gasteiger partial charge is 0.226 e. The van der Waals surface area contributed by atoms with Gasteiger partial charge in [0, 0.05) is 22.8 Å². The Bertz CT molecular complexity index is 1220. The van der Waals surface area contributed by atoms with Crippen molar-refractivity contribution in [2.24, 2.45) is 0 Å². The molecule has 1 amide bonds. The quantitative estimate of drug-likeness (QED) is 0.481. The molecule has 31 heavy (non-hydrogen) atoms. The van der Waals surface area contributed by atoms with Crippen molar-refractivity contribution in [3.8, 4) is 22.8 Å². The first-order valence-electron chi connectivity index (χ1n) is 10.4. The lowest BCUT2D eigenvalue weighted by molar-refractivity contribution is -0.121. The number of thiazole rings is 1. The third-order valence-electron chi connectivity index (χ3n) is 5.41. The first-order chi connectivity index (χ1) is 15.2. The zero-order chi connectivity index (χ0) is 21.2. The van der Waals surface area contributed by atoms with Crippen molar-refractivity contribution in [2.45, 2.75) is 25.8 Å². The normalized spacial score (nSPS) is 13.8. The van der Waals surface area contributed by atoms with Crippen molar-refractivity contribution >= 4 is 22.2 Å². The fourth-order valence-electron chi connectivity index (χ4n) is 3.81. The molecular formula is C24H23N3O3S. The molecule has 0 saturated heterocycles. The van der Waals surface area contributed by atoms with Crippen LogP contribution in [-0.2, 0) is 11.2 Å². The number of amides is 1. The minimum atomic E-state index is -0.0832. The van der Waals surface area contributed by atoms with Crippen molar-refractivity contribution in [3.05, 3.63) is 71.4 Å². The molecule has 3 heterocycles. The second kappa shape index (κ2) is 8.43. The molecule has 1 aliphatic rings. The van der Waals surface area contributed by atoms with E-state index in [0.29, 0.717) is 19.6 Å². The van der Waals surface area contributed by atoms with E-state index in [0.717, 1.165) is 45.4 Å². The average Bonchev–Trinajstić information content (AvgIpc) is 3.40. The molecule has 1 aliphatic heterocycles. The van der Waals surface area contributed by atoms with Gasteiger partial charge in [0.15, 0.2) is 16.5 Å². The molecule has 1 unspecified atom stereocenters. The molecule has 158 valence electrons. The molecule has 2 aromatic heterocycles. The number of carbonyl (C=O) groups excluding carboxylic acids is 1. The Morgan fingerprint density at radius 3 is 2.77 bits per heavy atom. The van der Waals surface area contributed by atoms with Crippen LogP contribution >= 0.6 is 11.3 Å². The van der Waals surface area contributed by atoms with Crippen LogP contribution in [-0.4, -0.2) is 28.5 Å². The third kappa shape index (κ3) is 4.01. The van der Waals surface area contributed by atoms with Crippen LogP contribution in [0.2, 0.25) is 0 Å². The standard InChI is InChI=1S/C24H23N3O3S/c1-2-19(17-8-9-21-22(12-17)30-11-10-29-21)25-23(28)13-18-15-31-24-26-20(14-27(18)24)16-6-4-3-5-7-16/h3-9,12,14-15,19H,2,10-11,13H2,1H3,(H,25,28). The number of nitrogens with zero attached hydrogens (tertiary/aromatic N) is 2. The van der Waals surface area contributed by atoms with Crippen LogP contribution in [0.25, 0.3) is 16.2 Å². The van der Waals surface area contributed by atoms with Gasteiger partial charge in [-0.05, 0) is 24.1 Å². The van der Waals surface area contributed by atoms with E-state index >= 15 is 0 Å². The number of carbonyl (C=O) groups is 1. The number of imidazole rings is 1. The summed E-state index contributed by atoms with van der Waals surface area (Å²) in [5.41, 5.74) is 3.93. The van der Waals surface area contributed by atoms with Crippen LogP contribution in [0.1, 0.15) is 30.6 Å². The minimum Gasteiger partial charge on any atom is -0.486 e. The lowest BCUT2D eigenvalue weighted by Crippen LogP contribution is -2.30. The summed E-state index contributed by atoms with van der Waals surface area (Å²) in [7, 11) is 0. The zero-order valence-corrected chi connectivity index (χ0v) is 18.0. The van der Waals surface area contributed by atoms with E-state index in [1.54, 1.807) is 11.3 Å². The molecule has 6 nitrogen and oxygen atoms in total. The van der Waals surface area contributed by atoms with Crippen LogP contribution < -0.4 is 14.8 Å². The Balaban J connectivity index is 1.31. The average molecular weight is 434 g/mol.